The van der Waals surface area contributed by atoms with Gasteiger partial charge in [-0.3, -0.25) is 24.0 Å². The molecule has 2 amide bonds. The van der Waals surface area contributed by atoms with Gasteiger partial charge in [0, 0.05) is 25.5 Å². The third kappa shape index (κ3) is 3.43. The molecular weight excluding hydrogens is 330 g/mol. The Bertz CT molecular complexity index is 972. The summed E-state index contributed by atoms with van der Waals surface area (Å²) in [6.45, 7) is 2.16. The van der Waals surface area contributed by atoms with Gasteiger partial charge in [-0.15, -0.1) is 0 Å². The van der Waals surface area contributed by atoms with E-state index in [9.17, 15) is 14.4 Å². The first kappa shape index (κ1) is 18.0. The average Bonchev–Trinajstić information content (AvgIpc) is 2.86. The number of nitrogens with one attached hydrogen (secondary N) is 1. The number of benzene rings is 1. The second-order valence-electron chi connectivity index (χ2n) is 6.64. The van der Waals surface area contributed by atoms with Crippen molar-refractivity contribution in [2.45, 2.75) is 51.5 Å². The van der Waals surface area contributed by atoms with Crippen molar-refractivity contribution in [1.82, 2.24) is 14.5 Å². The molecule has 3 rings (SSSR count). The van der Waals surface area contributed by atoms with Gasteiger partial charge >= 0.3 is 5.69 Å². The molecule has 0 spiro atoms. The van der Waals surface area contributed by atoms with Crippen molar-refractivity contribution in [3.05, 3.63) is 34.2 Å². The summed E-state index contributed by atoms with van der Waals surface area (Å²) in [5.41, 5.74) is 2.01. The Morgan fingerprint density at radius 1 is 1.19 bits per heavy atom. The predicted octanol–water partition coefficient (Wildman–Crippen LogP) is 2.25. The molecule has 6 nitrogen and oxygen atoms in total. The minimum atomic E-state index is -0.658. The van der Waals surface area contributed by atoms with Crippen molar-refractivity contribution in [3.8, 4) is 11.8 Å². The average molecular weight is 353 g/mol. The molecule has 1 fully saturated rings. The Balaban J connectivity index is 1.95. The summed E-state index contributed by atoms with van der Waals surface area (Å²) < 4.78 is 3.01. The molecule has 1 aromatic carbocycles. The van der Waals surface area contributed by atoms with Crippen LogP contribution in [0.3, 0.4) is 0 Å². The number of unbranched alkanes of at least 4 members (excludes halogenated alkanes) is 3. The number of hydrogen-bond donors (Lipinski definition) is 1. The molecule has 1 N–H and O–H groups in total. The van der Waals surface area contributed by atoms with Crippen LogP contribution in [0.1, 0.15) is 57.1 Å². The highest BCUT2D eigenvalue weighted by atomic mass is 16.2. The normalized spacial score (nSPS) is 17.1. The minimum Gasteiger partial charge on any atom is -0.295 e. The first-order valence-corrected chi connectivity index (χ1v) is 9.06. The molecule has 6 heteroatoms. The highest BCUT2D eigenvalue weighted by Crippen LogP contribution is 2.23. The molecule has 1 aromatic heterocycles. The fraction of sp³-hybridized carbons (Fsp3) is 0.450. The molecule has 26 heavy (non-hydrogen) atoms. The lowest BCUT2D eigenvalue weighted by Gasteiger charge is -2.21. The zero-order chi connectivity index (χ0) is 18.7. The highest BCUT2D eigenvalue weighted by molar-refractivity contribution is 6.00. The zero-order valence-corrected chi connectivity index (χ0v) is 15.2. The Hall–Kier alpha value is -2.81. The number of carbonyl (C=O) groups excluding carboxylic acids is 2. The van der Waals surface area contributed by atoms with Crippen LogP contribution in [0.2, 0.25) is 0 Å². The quantitative estimate of drug-likeness (QED) is 0.520. The standard InChI is InChI=1S/C20H23N3O3/c1-3-4-5-6-7-8-14-9-10-15-17(13-14)22(2)20(26)23(15)16-11-12-18(24)21-19(16)25/h9-10,13,16H,3-6,11-12H2,1-2H3,(H,21,24,25). The predicted molar refractivity (Wildman–Crippen MR) is 99.6 cm³/mol. The van der Waals surface area contributed by atoms with Crippen LogP contribution in [-0.2, 0) is 16.6 Å². The number of rotatable bonds is 4. The van der Waals surface area contributed by atoms with Gasteiger partial charge in [-0.2, -0.15) is 0 Å². The maximum Gasteiger partial charge on any atom is 0.329 e. The number of hydrogen-bond acceptors (Lipinski definition) is 3. The Morgan fingerprint density at radius 2 is 2.00 bits per heavy atom. The molecule has 2 heterocycles. The van der Waals surface area contributed by atoms with Crippen molar-refractivity contribution in [2.75, 3.05) is 0 Å². The summed E-state index contributed by atoms with van der Waals surface area (Å²) in [5.74, 6) is 5.61. The second-order valence-corrected chi connectivity index (χ2v) is 6.64. The van der Waals surface area contributed by atoms with Gasteiger partial charge in [0.25, 0.3) is 0 Å². The molecule has 1 aliphatic heterocycles. The highest BCUT2D eigenvalue weighted by Gasteiger charge is 2.31. The first-order valence-electron chi connectivity index (χ1n) is 9.06. The van der Waals surface area contributed by atoms with Crippen LogP contribution in [-0.4, -0.2) is 20.9 Å². The van der Waals surface area contributed by atoms with Crippen LogP contribution < -0.4 is 11.0 Å². The number of amides is 2. The fourth-order valence-corrected chi connectivity index (χ4v) is 3.30. The van der Waals surface area contributed by atoms with E-state index in [2.05, 4.69) is 24.1 Å². The lowest BCUT2D eigenvalue weighted by molar-refractivity contribution is -0.135. The molecule has 136 valence electrons. The Morgan fingerprint density at radius 3 is 2.73 bits per heavy atom. The van der Waals surface area contributed by atoms with E-state index in [1.165, 1.54) is 22.0 Å². The van der Waals surface area contributed by atoms with Gasteiger partial charge in [0.15, 0.2) is 0 Å². The van der Waals surface area contributed by atoms with E-state index < -0.39 is 11.9 Å². The van der Waals surface area contributed by atoms with Crippen molar-refractivity contribution >= 4 is 22.8 Å². The second kappa shape index (κ2) is 7.61. The van der Waals surface area contributed by atoms with Gasteiger partial charge in [-0.1, -0.05) is 31.6 Å². The van der Waals surface area contributed by atoms with Crippen LogP contribution in [0.4, 0.5) is 0 Å². The number of piperidine rings is 1. The SMILES string of the molecule is CCCCCC#Cc1ccc2c(c1)n(C)c(=O)n2C1CCC(=O)NC1=O. The van der Waals surface area contributed by atoms with Crippen LogP contribution in [0, 0.1) is 11.8 Å². The number of fused-ring (bicyclic) bond motifs is 1. The van der Waals surface area contributed by atoms with E-state index in [0.717, 1.165) is 23.9 Å². The molecule has 1 atom stereocenters. The van der Waals surface area contributed by atoms with Gasteiger partial charge in [0.1, 0.15) is 6.04 Å². The zero-order valence-electron chi connectivity index (χ0n) is 15.2. The summed E-state index contributed by atoms with van der Waals surface area (Å²) in [6.07, 6.45) is 4.88. The fourth-order valence-electron chi connectivity index (χ4n) is 3.30. The Labute approximate surface area is 152 Å². The van der Waals surface area contributed by atoms with Gasteiger partial charge in [0.2, 0.25) is 11.8 Å². The summed E-state index contributed by atoms with van der Waals surface area (Å²) >= 11 is 0. The monoisotopic (exact) mass is 353 g/mol. The smallest absolute Gasteiger partial charge is 0.295 e. The van der Waals surface area contributed by atoms with Crippen molar-refractivity contribution < 1.29 is 9.59 Å². The largest absolute Gasteiger partial charge is 0.329 e. The topological polar surface area (TPSA) is 73.1 Å². The number of aromatic nitrogens is 2. The summed E-state index contributed by atoms with van der Waals surface area (Å²) in [5, 5.41) is 2.32. The number of carbonyl (C=O) groups is 2. The van der Waals surface area contributed by atoms with Crippen LogP contribution in [0.15, 0.2) is 23.0 Å². The molecule has 1 aliphatic rings. The maximum atomic E-state index is 12.7. The van der Waals surface area contributed by atoms with E-state index in [1.54, 1.807) is 7.05 Å². The molecule has 2 aromatic rings. The number of aryl methyl sites for hydroxylation is 1. The first-order chi connectivity index (χ1) is 12.5. The minimum absolute atomic E-state index is 0.237. The maximum absolute atomic E-state index is 12.7. The lowest BCUT2D eigenvalue weighted by Crippen LogP contribution is -2.44. The molecular formula is C20H23N3O3. The van der Waals surface area contributed by atoms with E-state index in [0.29, 0.717) is 11.9 Å². The Kier molecular flexibility index (Phi) is 5.27. The van der Waals surface area contributed by atoms with Crippen LogP contribution >= 0.6 is 0 Å². The van der Waals surface area contributed by atoms with E-state index in [-0.39, 0.29) is 18.0 Å². The molecule has 1 unspecified atom stereocenters. The molecule has 0 bridgehead atoms. The van der Waals surface area contributed by atoms with Crippen LogP contribution in [0.25, 0.3) is 11.0 Å². The van der Waals surface area contributed by atoms with Gasteiger partial charge in [0.05, 0.1) is 11.0 Å². The van der Waals surface area contributed by atoms with E-state index in [1.807, 2.05) is 18.2 Å². The third-order valence-corrected chi connectivity index (χ3v) is 4.75. The van der Waals surface area contributed by atoms with E-state index in [4.69, 9.17) is 0 Å². The van der Waals surface area contributed by atoms with Crippen molar-refractivity contribution in [1.29, 1.82) is 0 Å². The molecule has 0 saturated carbocycles. The van der Waals surface area contributed by atoms with Crippen molar-refractivity contribution in [3.63, 3.8) is 0 Å². The number of imidazole rings is 1. The van der Waals surface area contributed by atoms with Gasteiger partial charge < -0.3 is 0 Å². The molecule has 0 aliphatic carbocycles. The van der Waals surface area contributed by atoms with E-state index >= 15 is 0 Å². The molecule has 1 saturated heterocycles. The summed E-state index contributed by atoms with van der Waals surface area (Å²) in [7, 11) is 1.69. The third-order valence-electron chi connectivity index (χ3n) is 4.75. The number of nitrogens with zero attached hydrogens (tertiary/aromatic N) is 2. The summed E-state index contributed by atoms with van der Waals surface area (Å²) in [4.78, 5) is 36.2. The number of imide groups is 1. The van der Waals surface area contributed by atoms with Crippen LogP contribution in [0.5, 0.6) is 0 Å². The molecule has 0 radical (unpaired) electrons. The summed E-state index contributed by atoms with van der Waals surface area (Å²) in [6, 6.07) is 4.93. The van der Waals surface area contributed by atoms with Gasteiger partial charge in [-0.05, 0) is 31.0 Å². The lowest BCUT2D eigenvalue weighted by atomic mass is 10.1. The van der Waals surface area contributed by atoms with Crippen molar-refractivity contribution in [2.24, 2.45) is 7.05 Å². The van der Waals surface area contributed by atoms with Gasteiger partial charge in [-0.25, -0.2) is 4.79 Å².